The van der Waals surface area contributed by atoms with Gasteiger partial charge >= 0.3 is 5.97 Å². The first-order chi connectivity index (χ1) is 8.47. The number of likely N-dealkylation sites (tertiary alicyclic amines) is 1. The zero-order valence-corrected chi connectivity index (χ0v) is 12.3. The molecule has 1 fully saturated rings. The van der Waals surface area contributed by atoms with Crippen LogP contribution in [-0.4, -0.2) is 62.1 Å². The van der Waals surface area contributed by atoms with E-state index >= 15 is 0 Å². The average molecular weight is 256 g/mol. The predicted molar refractivity (Wildman–Crippen MR) is 73.6 cm³/mol. The summed E-state index contributed by atoms with van der Waals surface area (Å²) in [4.78, 5) is 16.0. The number of nitrogens with zero attached hydrogens (tertiary/aromatic N) is 2. The Morgan fingerprint density at radius 2 is 2.00 bits per heavy atom. The van der Waals surface area contributed by atoms with Gasteiger partial charge in [0, 0.05) is 13.1 Å². The Kier molecular flexibility index (Phi) is 6.65. The molecule has 0 N–H and O–H groups in total. The van der Waals surface area contributed by atoms with Gasteiger partial charge < -0.3 is 9.64 Å². The molecule has 0 bridgehead atoms. The Hall–Kier alpha value is -0.610. The van der Waals surface area contributed by atoms with Gasteiger partial charge in [0.05, 0.1) is 6.42 Å². The van der Waals surface area contributed by atoms with Gasteiger partial charge in [-0.1, -0.05) is 6.92 Å². The summed E-state index contributed by atoms with van der Waals surface area (Å²) >= 11 is 0. The van der Waals surface area contributed by atoms with Gasteiger partial charge in [0.15, 0.2) is 0 Å². The molecule has 0 spiro atoms. The van der Waals surface area contributed by atoms with E-state index in [4.69, 9.17) is 4.74 Å². The molecular weight excluding hydrogens is 228 g/mol. The summed E-state index contributed by atoms with van der Waals surface area (Å²) < 4.78 is 5.42. The lowest BCUT2D eigenvalue weighted by Crippen LogP contribution is -2.39. The van der Waals surface area contributed by atoms with Crippen LogP contribution in [0.5, 0.6) is 0 Å². The van der Waals surface area contributed by atoms with Gasteiger partial charge in [-0.15, -0.1) is 0 Å². The summed E-state index contributed by atoms with van der Waals surface area (Å²) in [7, 11) is 3.93. The summed E-state index contributed by atoms with van der Waals surface area (Å²) in [5.74, 6) is 0.765. The minimum atomic E-state index is -0.0819. The monoisotopic (exact) mass is 256 g/mol. The summed E-state index contributed by atoms with van der Waals surface area (Å²) in [6, 6.07) is 0. The second kappa shape index (κ2) is 7.74. The molecular formula is C14H28N2O2. The third kappa shape index (κ3) is 6.36. The van der Waals surface area contributed by atoms with Crippen LogP contribution in [0.1, 0.15) is 33.1 Å². The van der Waals surface area contributed by atoms with E-state index in [1.54, 1.807) is 0 Å². The molecule has 0 aromatic carbocycles. The zero-order valence-electron chi connectivity index (χ0n) is 12.3. The summed E-state index contributed by atoms with van der Waals surface area (Å²) in [5, 5.41) is 0. The highest BCUT2D eigenvalue weighted by Gasteiger charge is 2.19. The highest BCUT2D eigenvalue weighted by Crippen LogP contribution is 2.16. The van der Waals surface area contributed by atoms with Crippen molar-refractivity contribution in [1.82, 2.24) is 9.80 Å². The molecule has 4 heteroatoms. The van der Waals surface area contributed by atoms with Crippen molar-refractivity contribution >= 4 is 5.97 Å². The normalized spacial score (nSPS) is 20.1. The van der Waals surface area contributed by atoms with Crippen LogP contribution >= 0.6 is 0 Å². The van der Waals surface area contributed by atoms with E-state index < -0.39 is 0 Å². The standard InChI is InChI=1S/C14H28N2O2/c1-12-5-9-16(10-6-12)11-13(2)18-14(17)7-8-15(3)4/h12-13H,5-11H2,1-4H3. The lowest BCUT2D eigenvalue weighted by Gasteiger charge is -2.31. The summed E-state index contributed by atoms with van der Waals surface area (Å²) in [5.41, 5.74) is 0. The molecule has 1 aliphatic heterocycles. The Morgan fingerprint density at radius 3 is 2.56 bits per heavy atom. The van der Waals surface area contributed by atoms with Crippen LogP contribution in [0, 0.1) is 5.92 Å². The minimum absolute atomic E-state index is 0.00747. The van der Waals surface area contributed by atoms with Crippen LogP contribution in [0.25, 0.3) is 0 Å². The van der Waals surface area contributed by atoms with Crippen molar-refractivity contribution in [2.24, 2.45) is 5.92 Å². The highest BCUT2D eigenvalue weighted by molar-refractivity contribution is 5.69. The molecule has 1 saturated heterocycles. The number of hydrogen-bond donors (Lipinski definition) is 0. The number of piperidine rings is 1. The molecule has 4 nitrogen and oxygen atoms in total. The third-order valence-corrected chi connectivity index (χ3v) is 3.49. The first kappa shape index (κ1) is 15.4. The quantitative estimate of drug-likeness (QED) is 0.676. The van der Waals surface area contributed by atoms with Crippen molar-refractivity contribution in [1.29, 1.82) is 0 Å². The topological polar surface area (TPSA) is 32.8 Å². The van der Waals surface area contributed by atoms with Crippen LogP contribution in [0.15, 0.2) is 0 Å². The van der Waals surface area contributed by atoms with Gasteiger partial charge in [0.2, 0.25) is 0 Å². The lowest BCUT2D eigenvalue weighted by molar-refractivity contribution is -0.149. The van der Waals surface area contributed by atoms with Crippen molar-refractivity contribution in [2.75, 3.05) is 40.3 Å². The fraction of sp³-hybridized carbons (Fsp3) is 0.929. The van der Waals surface area contributed by atoms with E-state index in [1.807, 2.05) is 25.9 Å². The molecule has 1 unspecified atom stereocenters. The zero-order chi connectivity index (χ0) is 13.5. The highest BCUT2D eigenvalue weighted by atomic mass is 16.5. The van der Waals surface area contributed by atoms with Gasteiger partial charge in [-0.25, -0.2) is 0 Å². The van der Waals surface area contributed by atoms with Crippen molar-refractivity contribution in [3.63, 3.8) is 0 Å². The lowest BCUT2D eigenvalue weighted by atomic mass is 9.99. The van der Waals surface area contributed by atoms with Crippen LogP contribution in [0.4, 0.5) is 0 Å². The Morgan fingerprint density at radius 1 is 1.39 bits per heavy atom. The first-order valence-electron chi connectivity index (χ1n) is 7.04. The second-order valence-electron chi connectivity index (χ2n) is 5.84. The molecule has 0 aromatic heterocycles. The van der Waals surface area contributed by atoms with Crippen LogP contribution in [0.2, 0.25) is 0 Å². The third-order valence-electron chi connectivity index (χ3n) is 3.49. The maximum atomic E-state index is 11.6. The average Bonchev–Trinajstić information content (AvgIpc) is 2.29. The smallest absolute Gasteiger partial charge is 0.307 e. The Bertz CT molecular complexity index is 248. The van der Waals surface area contributed by atoms with E-state index in [2.05, 4.69) is 11.8 Å². The molecule has 0 aromatic rings. The van der Waals surface area contributed by atoms with E-state index in [0.29, 0.717) is 6.42 Å². The van der Waals surface area contributed by atoms with Crippen molar-refractivity contribution in [2.45, 2.75) is 39.2 Å². The molecule has 0 aliphatic carbocycles. The van der Waals surface area contributed by atoms with Crippen molar-refractivity contribution in [3.05, 3.63) is 0 Å². The minimum Gasteiger partial charge on any atom is -0.461 e. The van der Waals surface area contributed by atoms with E-state index in [9.17, 15) is 4.79 Å². The molecule has 0 amide bonds. The molecule has 106 valence electrons. The Balaban J connectivity index is 2.16. The van der Waals surface area contributed by atoms with Crippen LogP contribution < -0.4 is 0 Å². The fourth-order valence-electron chi connectivity index (χ4n) is 2.24. The maximum Gasteiger partial charge on any atom is 0.307 e. The molecule has 1 heterocycles. The summed E-state index contributed by atoms with van der Waals surface area (Å²) in [6.07, 6.45) is 3.02. The molecule has 1 atom stereocenters. The predicted octanol–water partition coefficient (Wildman–Crippen LogP) is 1.60. The van der Waals surface area contributed by atoms with E-state index in [0.717, 1.165) is 32.1 Å². The molecule has 1 aliphatic rings. The Labute approximate surface area is 111 Å². The van der Waals surface area contributed by atoms with Crippen LogP contribution in [0.3, 0.4) is 0 Å². The second-order valence-corrected chi connectivity index (χ2v) is 5.84. The van der Waals surface area contributed by atoms with Gasteiger partial charge in [0.25, 0.3) is 0 Å². The fourth-order valence-corrected chi connectivity index (χ4v) is 2.24. The van der Waals surface area contributed by atoms with E-state index in [1.165, 1.54) is 12.8 Å². The largest absolute Gasteiger partial charge is 0.461 e. The molecule has 0 radical (unpaired) electrons. The van der Waals surface area contributed by atoms with Gasteiger partial charge in [-0.3, -0.25) is 9.69 Å². The van der Waals surface area contributed by atoms with Gasteiger partial charge in [-0.05, 0) is 52.9 Å². The number of esters is 1. The van der Waals surface area contributed by atoms with Gasteiger partial charge in [-0.2, -0.15) is 0 Å². The van der Waals surface area contributed by atoms with E-state index in [-0.39, 0.29) is 12.1 Å². The van der Waals surface area contributed by atoms with Crippen LogP contribution in [-0.2, 0) is 9.53 Å². The number of ether oxygens (including phenoxy) is 1. The number of carbonyl (C=O) groups is 1. The molecule has 1 rings (SSSR count). The number of hydrogen-bond acceptors (Lipinski definition) is 4. The molecule has 0 saturated carbocycles. The number of carbonyl (C=O) groups excluding carboxylic acids is 1. The van der Waals surface area contributed by atoms with Gasteiger partial charge in [0.1, 0.15) is 6.10 Å². The van der Waals surface area contributed by atoms with Crippen molar-refractivity contribution < 1.29 is 9.53 Å². The SMILES string of the molecule is CC1CCN(CC(C)OC(=O)CCN(C)C)CC1. The number of rotatable bonds is 6. The maximum absolute atomic E-state index is 11.6. The first-order valence-corrected chi connectivity index (χ1v) is 7.04. The summed E-state index contributed by atoms with van der Waals surface area (Å²) in [6.45, 7) is 8.21. The van der Waals surface area contributed by atoms with Crippen molar-refractivity contribution in [3.8, 4) is 0 Å². The molecule has 18 heavy (non-hydrogen) atoms.